The van der Waals surface area contributed by atoms with E-state index in [4.69, 9.17) is 0 Å². The van der Waals surface area contributed by atoms with Crippen molar-refractivity contribution < 1.29 is 8.78 Å². The second-order valence-corrected chi connectivity index (χ2v) is 4.29. The number of piperidine rings is 1. The van der Waals surface area contributed by atoms with E-state index in [1.165, 1.54) is 13.8 Å². The number of hydrogen-bond acceptors (Lipinski definition) is 1. The third-order valence-corrected chi connectivity index (χ3v) is 2.99. The summed E-state index contributed by atoms with van der Waals surface area (Å²) in [6, 6.07) is 0. The van der Waals surface area contributed by atoms with Crippen molar-refractivity contribution in [1.29, 1.82) is 0 Å². The molecule has 0 aromatic carbocycles. The van der Waals surface area contributed by atoms with Crippen molar-refractivity contribution in [2.24, 2.45) is 0 Å². The van der Waals surface area contributed by atoms with E-state index < -0.39 is 12.0 Å². The molecule has 1 nitrogen and oxygen atoms in total. The third kappa shape index (κ3) is 2.32. The van der Waals surface area contributed by atoms with E-state index in [1.54, 1.807) is 4.90 Å². The Morgan fingerprint density at radius 3 is 2.29 bits per heavy atom. The van der Waals surface area contributed by atoms with Crippen molar-refractivity contribution in [3.63, 3.8) is 0 Å². The molecule has 0 spiro atoms. The van der Waals surface area contributed by atoms with Crippen LogP contribution in [0.2, 0.25) is 0 Å². The molecule has 0 aromatic rings. The lowest BCUT2D eigenvalue weighted by atomic mass is 9.97. The van der Waals surface area contributed by atoms with Gasteiger partial charge >= 0.3 is 0 Å². The van der Waals surface area contributed by atoms with Gasteiger partial charge in [0, 0.05) is 13.1 Å². The Morgan fingerprint density at radius 1 is 1.36 bits per heavy atom. The maximum absolute atomic E-state index is 13.9. The van der Waals surface area contributed by atoms with E-state index in [-0.39, 0.29) is 5.57 Å². The smallest absolute Gasteiger partial charge is 0.191 e. The zero-order valence-corrected chi connectivity index (χ0v) is 9.02. The standard InChI is InChI=1S/C11H19F2N/c1-9(2)11(3,13)10(12)14-7-5-4-6-8-14/h10H,1,4-8H2,2-3H3. The van der Waals surface area contributed by atoms with Gasteiger partial charge in [0.25, 0.3) is 0 Å². The molecule has 0 radical (unpaired) electrons. The molecule has 82 valence electrons. The zero-order valence-electron chi connectivity index (χ0n) is 9.02. The van der Waals surface area contributed by atoms with E-state index >= 15 is 0 Å². The second kappa shape index (κ2) is 4.39. The summed E-state index contributed by atoms with van der Waals surface area (Å²) in [5.41, 5.74) is -1.66. The first-order chi connectivity index (χ1) is 6.46. The van der Waals surface area contributed by atoms with Gasteiger partial charge in [-0.2, -0.15) is 0 Å². The molecule has 0 bridgehead atoms. The van der Waals surface area contributed by atoms with Crippen LogP contribution in [0.15, 0.2) is 12.2 Å². The van der Waals surface area contributed by atoms with E-state index in [2.05, 4.69) is 6.58 Å². The van der Waals surface area contributed by atoms with Gasteiger partial charge in [0.15, 0.2) is 12.0 Å². The SMILES string of the molecule is C=C(C)C(C)(F)C(F)N1CCCCC1. The highest BCUT2D eigenvalue weighted by molar-refractivity contribution is 5.10. The maximum atomic E-state index is 13.9. The fourth-order valence-corrected chi connectivity index (χ4v) is 1.69. The lowest BCUT2D eigenvalue weighted by Crippen LogP contribution is -2.48. The Hall–Kier alpha value is -0.440. The average Bonchev–Trinajstić information content (AvgIpc) is 2.17. The largest absolute Gasteiger partial charge is 0.271 e. The number of hydrogen-bond donors (Lipinski definition) is 0. The first-order valence-corrected chi connectivity index (χ1v) is 5.19. The number of nitrogens with zero attached hydrogens (tertiary/aromatic N) is 1. The molecule has 0 saturated carbocycles. The fraction of sp³-hybridized carbons (Fsp3) is 0.818. The molecule has 0 aromatic heterocycles. The highest BCUT2D eigenvalue weighted by Crippen LogP contribution is 2.30. The molecule has 0 aliphatic carbocycles. The van der Waals surface area contributed by atoms with Gasteiger partial charge in [-0.3, -0.25) is 4.90 Å². The minimum Gasteiger partial charge on any atom is -0.271 e. The average molecular weight is 203 g/mol. The van der Waals surface area contributed by atoms with Crippen molar-refractivity contribution >= 4 is 0 Å². The molecule has 14 heavy (non-hydrogen) atoms. The summed E-state index contributed by atoms with van der Waals surface area (Å²) < 4.78 is 27.7. The van der Waals surface area contributed by atoms with Crippen LogP contribution >= 0.6 is 0 Å². The summed E-state index contributed by atoms with van der Waals surface area (Å²) >= 11 is 0. The highest BCUT2D eigenvalue weighted by atomic mass is 19.2. The Bertz CT molecular complexity index is 207. The van der Waals surface area contributed by atoms with Crippen molar-refractivity contribution in [3.8, 4) is 0 Å². The molecular formula is C11H19F2N. The van der Waals surface area contributed by atoms with Crippen LogP contribution in [0.3, 0.4) is 0 Å². The Balaban J connectivity index is 2.62. The van der Waals surface area contributed by atoms with Crippen LogP contribution in [-0.2, 0) is 0 Å². The Kier molecular flexibility index (Phi) is 3.65. The number of likely N-dealkylation sites (tertiary alicyclic amines) is 1. The van der Waals surface area contributed by atoms with Crippen LogP contribution < -0.4 is 0 Å². The van der Waals surface area contributed by atoms with Crippen LogP contribution in [0.4, 0.5) is 8.78 Å². The molecule has 2 unspecified atom stereocenters. The van der Waals surface area contributed by atoms with Crippen LogP contribution in [0.5, 0.6) is 0 Å². The number of rotatable bonds is 3. The molecule has 1 aliphatic heterocycles. The summed E-state index contributed by atoms with van der Waals surface area (Å²) in [4.78, 5) is 1.58. The monoisotopic (exact) mass is 203 g/mol. The lowest BCUT2D eigenvalue weighted by Gasteiger charge is -2.36. The fourth-order valence-electron chi connectivity index (χ4n) is 1.69. The highest BCUT2D eigenvalue weighted by Gasteiger charge is 2.39. The number of halogens is 2. The summed E-state index contributed by atoms with van der Waals surface area (Å²) in [6.45, 7) is 7.63. The van der Waals surface area contributed by atoms with Crippen LogP contribution in [-0.4, -0.2) is 30.0 Å². The summed E-state index contributed by atoms with van der Waals surface area (Å²) in [7, 11) is 0. The quantitative estimate of drug-likeness (QED) is 0.503. The molecule has 2 atom stereocenters. The molecule has 1 saturated heterocycles. The predicted octanol–water partition coefficient (Wildman–Crippen LogP) is 3.07. The van der Waals surface area contributed by atoms with Gasteiger partial charge in [0.2, 0.25) is 0 Å². The minimum atomic E-state index is -1.92. The predicted molar refractivity (Wildman–Crippen MR) is 54.6 cm³/mol. The van der Waals surface area contributed by atoms with Gasteiger partial charge in [0.1, 0.15) is 0 Å². The lowest BCUT2D eigenvalue weighted by molar-refractivity contribution is -0.0331. The zero-order chi connectivity index (χ0) is 10.8. The normalized spacial score (nSPS) is 25.4. The first-order valence-electron chi connectivity index (χ1n) is 5.19. The maximum Gasteiger partial charge on any atom is 0.191 e. The first kappa shape index (κ1) is 11.6. The van der Waals surface area contributed by atoms with Gasteiger partial charge in [-0.25, -0.2) is 8.78 Å². The van der Waals surface area contributed by atoms with Crippen LogP contribution in [0.1, 0.15) is 33.1 Å². The molecule has 1 rings (SSSR count). The summed E-state index contributed by atoms with van der Waals surface area (Å²) in [6.07, 6.45) is 1.51. The van der Waals surface area contributed by atoms with Gasteiger partial charge in [-0.05, 0) is 32.3 Å². The van der Waals surface area contributed by atoms with Gasteiger partial charge in [-0.1, -0.05) is 13.0 Å². The van der Waals surface area contributed by atoms with E-state index in [9.17, 15) is 8.78 Å². The van der Waals surface area contributed by atoms with Crippen molar-refractivity contribution in [2.75, 3.05) is 13.1 Å². The van der Waals surface area contributed by atoms with Crippen molar-refractivity contribution in [3.05, 3.63) is 12.2 Å². The topological polar surface area (TPSA) is 3.24 Å². The Morgan fingerprint density at radius 2 is 1.86 bits per heavy atom. The van der Waals surface area contributed by atoms with Crippen molar-refractivity contribution in [1.82, 2.24) is 4.90 Å². The summed E-state index contributed by atoms with van der Waals surface area (Å²) in [5, 5.41) is 0. The third-order valence-electron chi connectivity index (χ3n) is 2.99. The molecule has 1 heterocycles. The van der Waals surface area contributed by atoms with Crippen LogP contribution in [0.25, 0.3) is 0 Å². The Labute approximate surface area is 84.8 Å². The van der Waals surface area contributed by atoms with E-state index in [0.29, 0.717) is 13.1 Å². The molecule has 1 fully saturated rings. The van der Waals surface area contributed by atoms with Gasteiger partial charge in [-0.15, -0.1) is 0 Å². The van der Waals surface area contributed by atoms with E-state index in [1.807, 2.05) is 0 Å². The molecular weight excluding hydrogens is 184 g/mol. The molecule has 0 N–H and O–H groups in total. The number of alkyl halides is 2. The molecule has 3 heteroatoms. The van der Waals surface area contributed by atoms with Gasteiger partial charge in [0.05, 0.1) is 0 Å². The molecule has 1 aliphatic rings. The van der Waals surface area contributed by atoms with E-state index in [0.717, 1.165) is 19.3 Å². The molecule has 0 amide bonds. The summed E-state index contributed by atoms with van der Waals surface area (Å²) in [5.74, 6) is 0. The minimum absolute atomic E-state index is 0.260. The van der Waals surface area contributed by atoms with Crippen molar-refractivity contribution in [2.45, 2.75) is 45.1 Å². The van der Waals surface area contributed by atoms with Crippen LogP contribution in [0, 0.1) is 0 Å². The van der Waals surface area contributed by atoms with Gasteiger partial charge < -0.3 is 0 Å². The second-order valence-electron chi connectivity index (χ2n) is 4.29.